The molecule has 4 aliphatic rings. The minimum Gasteiger partial charge on any atom is -0.469 e. The molecule has 0 aliphatic carbocycles. The van der Waals surface area contributed by atoms with Crippen LogP contribution in [0.4, 0.5) is 4.79 Å². The topological polar surface area (TPSA) is 118 Å². The molecule has 4 aliphatic heterocycles. The van der Waals surface area contributed by atoms with Crippen molar-refractivity contribution < 1.29 is 23.9 Å². The number of rotatable bonds is 10. The number of hydrogen-bond acceptors (Lipinski definition) is 8. The van der Waals surface area contributed by atoms with Crippen LogP contribution in [0.15, 0.2) is 0 Å². The molecule has 4 fully saturated rings. The number of urea groups is 1. The Morgan fingerprint density at radius 1 is 0.829 bits per heavy atom. The summed E-state index contributed by atoms with van der Waals surface area (Å²) in [6.07, 6.45) is 7.07. The molecule has 0 spiro atoms. The maximum absolute atomic E-state index is 11.2. The highest BCUT2D eigenvalue weighted by Crippen LogP contribution is 2.34. The molecule has 4 heterocycles. The van der Waals surface area contributed by atoms with Gasteiger partial charge in [0.25, 0.3) is 0 Å². The zero-order valence-electron chi connectivity index (χ0n) is 19.8. The summed E-state index contributed by atoms with van der Waals surface area (Å²) in [5.74, 6) is 1.87. The van der Waals surface area contributed by atoms with Crippen LogP contribution in [0.1, 0.15) is 58.8 Å². The van der Waals surface area contributed by atoms with E-state index in [0.29, 0.717) is 35.4 Å². The van der Waals surface area contributed by atoms with Crippen LogP contribution in [0.3, 0.4) is 0 Å². The molecular weight excluding hydrogens is 508 g/mol. The van der Waals surface area contributed by atoms with Crippen LogP contribution in [0, 0.1) is 0 Å². The first-order valence-corrected chi connectivity index (χ1v) is 14.4. The molecule has 2 unspecified atom stereocenters. The SMILES string of the molecule is C.COC(=O)CCCC[C@@H]1SCC2NC(=O)N[C@@H]21.COC(=O)CCCC[C@@H]1SCC2NC(=S)N[C@@H]21. The number of amides is 2. The molecule has 0 aromatic rings. The molecule has 4 rings (SSSR count). The van der Waals surface area contributed by atoms with Crippen molar-refractivity contribution in [3.8, 4) is 0 Å². The molecule has 4 saturated heterocycles. The van der Waals surface area contributed by atoms with Gasteiger partial charge in [-0.2, -0.15) is 23.5 Å². The van der Waals surface area contributed by atoms with Gasteiger partial charge in [-0.05, 0) is 37.9 Å². The molecule has 200 valence electrons. The van der Waals surface area contributed by atoms with Crippen molar-refractivity contribution in [3.63, 3.8) is 0 Å². The summed E-state index contributed by atoms with van der Waals surface area (Å²) in [6, 6.07) is 1.49. The van der Waals surface area contributed by atoms with Crippen LogP contribution in [-0.4, -0.2) is 83.5 Å². The molecule has 2 amide bonds. The van der Waals surface area contributed by atoms with E-state index in [-0.39, 0.29) is 37.5 Å². The number of unbranched alkanes of at least 4 members (excludes halogenated alkanes) is 2. The van der Waals surface area contributed by atoms with E-state index in [2.05, 4.69) is 30.7 Å². The third-order valence-corrected chi connectivity index (χ3v) is 9.82. The van der Waals surface area contributed by atoms with E-state index < -0.39 is 0 Å². The Labute approximate surface area is 222 Å². The Hall–Kier alpha value is -1.40. The number of thiocarbonyl (C=S) groups is 1. The van der Waals surface area contributed by atoms with Gasteiger partial charge in [-0.15, -0.1) is 0 Å². The van der Waals surface area contributed by atoms with Gasteiger partial charge in [-0.3, -0.25) is 9.59 Å². The molecule has 35 heavy (non-hydrogen) atoms. The van der Waals surface area contributed by atoms with Gasteiger partial charge in [0.1, 0.15) is 0 Å². The fraction of sp³-hybridized carbons (Fsp3) is 0.826. The standard InChI is InChI=1S/C11H18N2O3S.C11H18N2O2S2.CH4/c1-16-9(14)5-3-2-4-8-10-7(6-17-8)12-11(15)13-10;1-15-9(14)5-3-2-4-8-10-7(6-17-8)12-11(16)13-10;/h7-8,10H,2-6H2,1H3,(H2,12,13,15);7-8,10H,2-6H2,1H3,(H2,12,13,16);1H4/t2*7?,8-,10-;/m00./s1. The average molecular weight is 549 g/mol. The lowest BCUT2D eigenvalue weighted by molar-refractivity contribution is -0.141. The van der Waals surface area contributed by atoms with Crippen molar-refractivity contribution in [3.05, 3.63) is 0 Å². The molecule has 4 N–H and O–H groups in total. The second-order valence-electron chi connectivity index (χ2n) is 8.89. The lowest BCUT2D eigenvalue weighted by atomic mass is 10.0. The number of carbonyl (C=O) groups is 3. The summed E-state index contributed by atoms with van der Waals surface area (Å²) in [4.78, 5) is 33.1. The zero-order chi connectivity index (χ0) is 24.5. The normalized spacial score (nSPS) is 29.8. The summed E-state index contributed by atoms with van der Waals surface area (Å²) < 4.78 is 9.22. The van der Waals surface area contributed by atoms with E-state index in [1.54, 1.807) is 0 Å². The van der Waals surface area contributed by atoms with Crippen LogP contribution < -0.4 is 21.3 Å². The first-order valence-electron chi connectivity index (χ1n) is 11.9. The van der Waals surface area contributed by atoms with E-state index in [0.717, 1.165) is 55.1 Å². The van der Waals surface area contributed by atoms with Gasteiger partial charge in [0.05, 0.1) is 38.4 Å². The van der Waals surface area contributed by atoms with E-state index in [1.807, 2.05) is 23.5 Å². The summed E-state index contributed by atoms with van der Waals surface area (Å²) in [7, 11) is 2.86. The molecular formula is C23H40N4O5S3. The molecule has 0 saturated carbocycles. The van der Waals surface area contributed by atoms with Crippen LogP contribution in [-0.2, 0) is 19.1 Å². The van der Waals surface area contributed by atoms with E-state index in [4.69, 9.17) is 12.2 Å². The monoisotopic (exact) mass is 548 g/mol. The predicted octanol–water partition coefficient (Wildman–Crippen LogP) is 2.57. The zero-order valence-corrected chi connectivity index (χ0v) is 22.3. The van der Waals surface area contributed by atoms with E-state index in [1.165, 1.54) is 14.2 Å². The molecule has 6 atom stereocenters. The van der Waals surface area contributed by atoms with Crippen LogP contribution in [0.25, 0.3) is 0 Å². The van der Waals surface area contributed by atoms with E-state index in [9.17, 15) is 14.4 Å². The van der Waals surface area contributed by atoms with Gasteiger partial charge in [-0.25, -0.2) is 4.79 Å². The minimum absolute atomic E-state index is 0. The first kappa shape index (κ1) is 29.8. The Balaban J connectivity index is 0.000000240. The summed E-state index contributed by atoms with van der Waals surface area (Å²) >= 11 is 9.03. The van der Waals surface area contributed by atoms with Crippen LogP contribution in [0.5, 0.6) is 0 Å². The second-order valence-corrected chi connectivity index (χ2v) is 11.8. The lowest BCUT2D eigenvalue weighted by Crippen LogP contribution is -2.36. The summed E-state index contributed by atoms with van der Waals surface area (Å²) in [6.45, 7) is 0. The smallest absolute Gasteiger partial charge is 0.315 e. The van der Waals surface area contributed by atoms with Gasteiger partial charge in [-0.1, -0.05) is 20.3 Å². The highest BCUT2D eigenvalue weighted by molar-refractivity contribution is 8.00. The molecule has 12 heteroatoms. The van der Waals surface area contributed by atoms with Crippen molar-refractivity contribution in [1.29, 1.82) is 0 Å². The van der Waals surface area contributed by atoms with Gasteiger partial charge in [0.2, 0.25) is 0 Å². The summed E-state index contributed by atoms with van der Waals surface area (Å²) in [5.41, 5.74) is 0. The third kappa shape index (κ3) is 8.89. The highest BCUT2D eigenvalue weighted by Gasteiger charge is 2.42. The Morgan fingerprint density at radius 2 is 1.31 bits per heavy atom. The van der Waals surface area contributed by atoms with Gasteiger partial charge < -0.3 is 30.7 Å². The fourth-order valence-corrected chi connectivity index (χ4v) is 8.09. The van der Waals surface area contributed by atoms with E-state index >= 15 is 0 Å². The van der Waals surface area contributed by atoms with Crippen molar-refractivity contribution in [2.45, 2.75) is 93.5 Å². The van der Waals surface area contributed by atoms with Gasteiger partial charge in [0, 0.05) is 34.8 Å². The molecule has 9 nitrogen and oxygen atoms in total. The lowest BCUT2D eigenvalue weighted by Gasteiger charge is -2.16. The Morgan fingerprint density at radius 3 is 1.83 bits per heavy atom. The molecule has 0 radical (unpaired) electrons. The molecule has 0 bridgehead atoms. The van der Waals surface area contributed by atoms with Crippen molar-refractivity contribution in [1.82, 2.24) is 21.3 Å². The molecule has 0 aromatic carbocycles. The Bertz CT molecular complexity index is 684. The van der Waals surface area contributed by atoms with Crippen LogP contribution in [0.2, 0.25) is 0 Å². The number of hydrogen-bond donors (Lipinski definition) is 4. The number of carbonyl (C=O) groups excluding carboxylic acids is 3. The number of esters is 2. The highest BCUT2D eigenvalue weighted by atomic mass is 32.2. The van der Waals surface area contributed by atoms with Crippen molar-refractivity contribution in [2.24, 2.45) is 0 Å². The van der Waals surface area contributed by atoms with Crippen molar-refractivity contribution >= 4 is 58.8 Å². The maximum atomic E-state index is 11.2. The minimum atomic E-state index is -0.141. The van der Waals surface area contributed by atoms with Crippen molar-refractivity contribution in [2.75, 3.05) is 25.7 Å². The number of ether oxygens (including phenoxy) is 2. The quantitative estimate of drug-likeness (QED) is 0.140. The number of fused-ring (bicyclic) bond motifs is 2. The maximum Gasteiger partial charge on any atom is 0.315 e. The molecule has 0 aromatic heterocycles. The fourth-order valence-electron chi connectivity index (χ4n) is 4.72. The van der Waals surface area contributed by atoms with Gasteiger partial charge in [0.15, 0.2) is 5.11 Å². The second kappa shape index (κ2) is 15.0. The largest absolute Gasteiger partial charge is 0.469 e. The van der Waals surface area contributed by atoms with Gasteiger partial charge >= 0.3 is 18.0 Å². The number of methoxy groups -OCH3 is 2. The average Bonchev–Trinajstić information content (AvgIpc) is 3.56. The first-order chi connectivity index (χ1) is 16.4. The predicted molar refractivity (Wildman–Crippen MR) is 146 cm³/mol. The third-order valence-electron chi connectivity index (χ3n) is 6.57. The Kier molecular flexibility index (Phi) is 12.8. The summed E-state index contributed by atoms with van der Waals surface area (Å²) in [5, 5.41) is 14.4. The number of nitrogens with one attached hydrogen (secondary N) is 4. The number of thioether (sulfide) groups is 2. The van der Waals surface area contributed by atoms with Crippen LogP contribution >= 0.6 is 35.7 Å².